The summed E-state index contributed by atoms with van der Waals surface area (Å²) in [5.74, 6) is 1.53. The van der Waals surface area contributed by atoms with Gasteiger partial charge in [0.15, 0.2) is 5.82 Å². The number of hydrogen-bond donors (Lipinski definition) is 2. The van der Waals surface area contributed by atoms with Crippen LogP contribution in [0.15, 0.2) is 36.5 Å². The summed E-state index contributed by atoms with van der Waals surface area (Å²) in [6, 6.07) is 9.73. The number of hydrogen-bond acceptors (Lipinski definition) is 5. The Morgan fingerprint density at radius 2 is 2.06 bits per heavy atom. The number of rotatable bonds is 2. The second kappa shape index (κ2) is 3.99. The van der Waals surface area contributed by atoms with Gasteiger partial charge in [-0.1, -0.05) is 18.2 Å². The van der Waals surface area contributed by atoms with Crippen molar-refractivity contribution in [1.29, 1.82) is 0 Å². The predicted octanol–water partition coefficient (Wildman–Crippen LogP) is 1.44. The van der Waals surface area contributed by atoms with E-state index in [1.807, 2.05) is 24.3 Å². The minimum absolute atomic E-state index is 0.219. The number of anilines is 2. The van der Waals surface area contributed by atoms with Gasteiger partial charge in [-0.2, -0.15) is 15.1 Å². The molecule has 2 heterocycles. The highest BCUT2D eigenvalue weighted by atomic mass is 15.3. The molecule has 3 aromatic rings. The minimum Gasteiger partial charge on any atom is -0.373 e. The van der Waals surface area contributed by atoms with Gasteiger partial charge in [-0.25, -0.2) is 4.68 Å². The molecule has 0 saturated heterocycles. The third-order valence-corrected chi connectivity index (χ3v) is 2.68. The first-order valence-electron chi connectivity index (χ1n) is 5.53. The predicted molar refractivity (Wildman–Crippen MR) is 70.6 cm³/mol. The van der Waals surface area contributed by atoms with Crippen molar-refractivity contribution in [1.82, 2.24) is 19.7 Å². The Morgan fingerprint density at radius 3 is 2.89 bits per heavy atom. The lowest BCUT2D eigenvalue weighted by atomic mass is 10.2. The van der Waals surface area contributed by atoms with Crippen molar-refractivity contribution in [3.63, 3.8) is 0 Å². The molecule has 0 aliphatic heterocycles. The number of nitrogens with two attached hydrogens (primary N) is 1. The van der Waals surface area contributed by atoms with E-state index in [1.165, 1.54) is 0 Å². The van der Waals surface area contributed by atoms with Crippen molar-refractivity contribution < 1.29 is 0 Å². The van der Waals surface area contributed by atoms with Crippen LogP contribution in [0.1, 0.15) is 0 Å². The summed E-state index contributed by atoms with van der Waals surface area (Å²) in [7, 11) is 1.78. The van der Waals surface area contributed by atoms with E-state index in [-0.39, 0.29) is 5.95 Å². The molecule has 1 aromatic carbocycles. The average molecular weight is 240 g/mol. The molecule has 0 aliphatic rings. The Balaban J connectivity index is 2.22. The molecule has 90 valence electrons. The van der Waals surface area contributed by atoms with Crippen LogP contribution in [0.2, 0.25) is 0 Å². The van der Waals surface area contributed by atoms with E-state index in [0.29, 0.717) is 11.6 Å². The van der Waals surface area contributed by atoms with Crippen LogP contribution >= 0.6 is 0 Å². The maximum atomic E-state index is 5.68. The summed E-state index contributed by atoms with van der Waals surface area (Å²) in [5, 5.41) is 8.33. The molecule has 0 spiro atoms. The molecule has 0 unspecified atom stereocenters. The van der Waals surface area contributed by atoms with Crippen LogP contribution < -0.4 is 11.1 Å². The second-order valence-electron chi connectivity index (χ2n) is 3.83. The Hall–Kier alpha value is -2.63. The highest BCUT2D eigenvalue weighted by Crippen LogP contribution is 2.18. The standard InChI is InChI=1S/C12H12N6/c1-14-10-6-11(17-12(13)16-10)18-9-5-3-2-4-8(9)7-15-18/h2-7H,1H3,(H3,13,14,16,17). The molecule has 0 aliphatic carbocycles. The topological polar surface area (TPSA) is 81.7 Å². The normalized spacial score (nSPS) is 10.7. The first kappa shape index (κ1) is 10.5. The van der Waals surface area contributed by atoms with Crippen molar-refractivity contribution in [3.05, 3.63) is 36.5 Å². The quantitative estimate of drug-likeness (QED) is 0.708. The van der Waals surface area contributed by atoms with Crippen LogP contribution in [0.25, 0.3) is 16.7 Å². The number of aromatic nitrogens is 4. The molecular weight excluding hydrogens is 228 g/mol. The molecule has 2 aromatic heterocycles. The van der Waals surface area contributed by atoms with Gasteiger partial charge in [-0.05, 0) is 6.07 Å². The van der Waals surface area contributed by atoms with Crippen LogP contribution in [-0.4, -0.2) is 26.8 Å². The fourth-order valence-corrected chi connectivity index (χ4v) is 1.84. The molecule has 0 saturated carbocycles. The monoisotopic (exact) mass is 240 g/mol. The van der Waals surface area contributed by atoms with Gasteiger partial charge in [0.25, 0.3) is 0 Å². The van der Waals surface area contributed by atoms with E-state index in [4.69, 9.17) is 5.73 Å². The van der Waals surface area contributed by atoms with Crippen molar-refractivity contribution in [2.24, 2.45) is 0 Å². The highest BCUT2D eigenvalue weighted by Gasteiger charge is 2.07. The number of nitrogen functional groups attached to an aromatic ring is 1. The van der Waals surface area contributed by atoms with Gasteiger partial charge in [0.05, 0.1) is 11.7 Å². The average Bonchev–Trinajstić information content (AvgIpc) is 2.81. The summed E-state index contributed by atoms with van der Waals surface area (Å²) in [6.45, 7) is 0. The van der Waals surface area contributed by atoms with E-state index < -0.39 is 0 Å². The zero-order chi connectivity index (χ0) is 12.5. The van der Waals surface area contributed by atoms with Crippen LogP contribution in [0.4, 0.5) is 11.8 Å². The maximum absolute atomic E-state index is 5.68. The van der Waals surface area contributed by atoms with Gasteiger partial charge in [-0.3, -0.25) is 0 Å². The molecule has 3 rings (SSSR count). The smallest absolute Gasteiger partial charge is 0.224 e. The Morgan fingerprint density at radius 1 is 1.22 bits per heavy atom. The van der Waals surface area contributed by atoms with Crippen molar-refractivity contribution >= 4 is 22.7 Å². The summed E-state index contributed by atoms with van der Waals surface area (Å²) in [6.07, 6.45) is 1.80. The summed E-state index contributed by atoms with van der Waals surface area (Å²) in [4.78, 5) is 8.26. The fourth-order valence-electron chi connectivity index (χ4n) is 1.84. The van der Waals surface area contributed by atoms with E-state index in [9.17, 15) is 0 Å². The molecule has 0 fully saturated rings. The number of nitrogens with zero attached hydrogens (tertiary/aromatic N) is 4. The van der Waals surface area contributed by atoms with Gasteiger partial charge in [0.2, 0.25) is 5.95 Å². The Kier molecular flexibility index (Phi) is 2.33. The first-order chi connectivity index (χ1) is 8.78. The zero-order valence-corrected chi connectivity index (χ0v) is 9.83. The van der Waals surface area contributed by atoms with Crippen molar-refractivity contribution in [2.45, 2.75) is 0 Å². The number of fused-ring (bicyclic) bond motifs is 1. The molecule has 3 N–H and O–H groups in total. The number of benzene rings is 1. The van der Waals surface area contributed by atoms with Crippen molar-refractivity contribution in [3.8, 4) is 5.82 Å². The highest BCUT2D eigenvalue weighted by molar-refractivity contribution is 5.79. The molecule has 0 bridgehead atoms. The maximum Gasteiger partial charge on any atom is 0.224 e. The molecule has 6 nitrogen and oxygen atoms in total. The molecule has 0 amide bonds. The van der Waals surface area contributed by atoms with Gasteiger partial charge in [0.1, 0.15) is 5.82 Å². The third kappa shape index (κ3) is 1.64. The van der Waals surface area contributed by atoms with Gasteiger partial charge in [0, 0.05) is 18.5 Å². The molecule has 0 atom stereocenters. The van der Waals surface area contributed by atoms with E-state index >= 15 is 0 Å². The summed E-state index contributed by atoms with van der Waals surface area (Å²) in [5.41, 5.74) is 6.67. The van der Waals surface area contributed by atoms with Gasteiger partial charge in [-0.15, -0.1) is 0 Å². The van der Waals surface area contributed by atoms with E-state index in [1.54, 1.807) is 24.0 Å². The van der Waals surface area contributed by atoms with Crippen LogP contribution in [0.3, 0.4) is 0 Å². The SMILES string of the molecule is CNc1cc(-n2ncc3ccccc32)nc(N)n1. The zero-order valence-electron chi connectivity index (χ0n) is 9.83. The molecular formula is C12H12N6. The Labute approximate surface area is 103 Å². The molecule has 18 heavy (non-hydrogen) atoms. The van der Waals surface area contributed by atoms with E-state index in [2.05, 4.69) is 20.4 Å². The van der Waals surface area contributed by atoms with Crippen molar-refractivity contribution in [2.75, 3.05) is 18.1 Å². The lowest BCUT2D eigenvalue weighted by Crippen LogP contribution is -2.06. The largest absolute Gasteiger partial charge is 0.373 e. The minimum atomic E-state index is 0.219. The second-order valence-corrected chi connectivity index (χ2v) is 3.83. The van der Waals surface area contributed by atoms with Crippen LogP contribution in [-0.2, 0) is 0 Å². The van der Waals surface area contributed by atoms with Gasteiger partial charge >= 0.3 is 0 Å². The number of para-hydroxylation sites is 1. The van der Waals surface area contributed by atoms with Gasteiger partial charge < -0.3 is 11.1 Å². The summed E-state index contributed by atoms with van der Waals surface area (Å²) >= 11 is 0. The molecule has 6 heteroatoms. The fraction of sp³-hybridized carbons (Fsp3) is 0.0833. The molecule has 0 radical (unpaired) electrons. The summed E-state index contributed by atoms with van der Waals surface area (Å²) < 4.78 is 1.74. The first-order valence-corrected chi connectivity index (χ1v) is 5.53. The number of nitrogens with one attached hydrogen (secondary N) is 1. The third-order valence-electron chi connectivity index (χ3n) is 2.68. The van der Waals surface area contributed by atoms with Crippen LogP contribution in [0.5, 0.6) is 0 Å². The van der Waals surface area contributed by atoms with Crippen LogP contribution in [0, 0.1) is 0 Å². The lowest BCUT2D eigenvalue weighted by molar-refractivity contribution is 0.870. The van der Waals surface area contributed by atoms with E-state index in [0.717, 1.165) is 10.9 Å². The lowest BCUT2D eigenvalue weighted by Gasteiger charge is -2.06. The Bertz CT molecular complexity index is 703.